The van der Waals surface area contributed by atoms with Gasteiger partial charge >= 0.3 is 0 Å². The number of thiophene rings is 1. The van der Waals surface area contributed by atoms with E-state index in [1.165, 1.54) is 11.1 Å². The van der Waals surface area contributed by atoms with E-state index >= 15 is 0 Å². The highest BCUT2D eigenvalue weighted by Crippen LogP contribution is 2.27. The molecule has 1 aromatic carbocycles. The first-order chi connectivity index (χ1) is 7.72. The third-order valence-electron chi connectivity index (χ3n) is 2.58. The zero-order valence-corrected chi connectivity index (χ0v) is 10.5. The molecule has 2 nitrogen and oxygen atoms in total. The van der Waals surface area contributed by atoms with Crippen molar-refractivity contribution >= 4 is 22.9 Å². The Hall–Kier alpha value is -0.870. The molecule has 84 valence electrons. The van der Waals surface area contributed by atoms with Crippen molar-refractivity contribution in [1.29, 1.82) is 0 Å². The number of hydrogen-bond donors (Lipinski definition) is 2. The van der Waals surface area contributed by atoms with Crippen LogP contribution in [-0.4, -0.2) is 0 Å². The van der Waals surface area contributed by atoms with Crippen LogP contribution in [0, 0.1) is 6.92 Å². The van der Waals surface area contributed by atoms with Crippen molar-refractivity contribution in [1.82, 2.24) is 5.43 Å². The molecule has 0 amide bonds. The van der Waals surface area contributed by atoms with Crippen molar-refractivity contribution in [2.45, 2.75) is 13.0 Å². The summed E-state index contributed by atoms with van der Waals surface area (Å²) >= 11 is 7.55. The minimum Gasteiger partial charge on any atom is -0.271 e. The SMILES string of the molecule is Cc1cscc1C(NN)c1ccc(Cl)cc1. The molecular weight excluding hydrogens is 240 g/mol. The molecule has 0 saturated heterocycles. The molecule has 16 heavy (non-hydrogen) atoms. The number of nitrogens with two attached hydrogens (primary N) is 1. The summed E-state index contributed by atoms with van der Waals surface area (Å²) in [6, 6.07) is 7.77. The Morgan fingerprint density at radius 1 is 1.25 bits per heavy atom. The molecule has 0 saturated carbocycles. The molecule has 0 aliphatic heterocycles. The van der Waals surface area contributed by atoms with Crippen molar-refractivity contribution in [3.05, 3.63) is 56.7 Å². The van der Waals surface area contributed by atoms with E-state index in [2.05, 4.69) is 23.1 Å². The molecule has 4 heteroatoms. The fourth-order valence-corrected chi connectivity index (χ4v) is 2.69. The standard InChI is InChI=1S/C12H13ClN2S/c1-8-6-16-7-11(8)12(15-14)9-2-4-10(13)5-3-9/h2-7,12,15H,14H2,1H3. The van der Waals surface area contributed by atoms with E-state index in [0.717, 1.165) is 10.6 Å². The Morgan fingerprint density at radius 3 is 2.44 bits per heavy atom. The van der Waals surface area contributed by atoms with Gasteiger partial charge in [-0.2, -0.15) is 11.3 Å². The summed E-state index contributed by atoms with van der Waals surface area (Å²) in [6.07, 6.45) is 0. The topological polar surface area (TPSA) is 38.0 Å². The molecule has 1 unspecified atom stereocenters. The highest BCUT2D eigenvalue weighted by Gasteiger charge is 2.14. The normalized spacial score (nSPS) is 12.7. The van der Waals surface area contributed by atoms with E-state index < -0.39 is 0 Å². The lowest BCUT2D eigenvalue weighted by Crippen LogP contribution is -2.28. The van der Waals surface area contributed by atoms with E-state index in [1.54, 1.807) is 11.3 Å². The van der Waals surface area contributed by atoms with Gasteiger partial charge in [-0.25, -0.2) is 5.43 Å². The van der Waals surface area contributed by atoms with Crippen LogP contribution in [-0.2, 0) is 0 Å². The summed E-state index contributed by atoms with van der Waals surface area (Å²) < 4.78 is 0. The van der Waals surface area contributed by atoms with Crippen molar-refractivity contribution < 1.29 is 0 Å². The van der Waals surface area contributed by atoms with Crippen molar-refractivity contribution in [3.8, 4) is 0 Å². The van der Waals surface area contributed by atoms with E-state index in [-0.39, 0.29) is 6.04 Å². The summed E-state index contributed by atoms with van der Waals surface area (Å²) in [5, 5.41) is 4.98. The van der Waals surface area contributed by atoms with Crippen LogP contribution >= 0.6 is 22.9 Å². The van der Waals surface area contributed by atoms with Gasteiger partial charge in [-0.3, -0.25) is 5.84 Å². The van der Waals surface area contributed by atoms with Crippen molar-refractivity contribution in [2.24, 2.45) is 5.84 Å². The maximum absolute atomic E-state index is 5.87. The van der Waals surface area contributed by atoms with Gasteiger partial charge in [0, 0.05) is 5.02 Å². The third-order valence-corrected chi connectivity index (χ3v) is 3.71. The molecule has 0 aliphatic carbocycles. The number of halogens is 1. The van der Waals surface area contributed by atoms with Gasteiger partial charge < -0.3 is 0 Å². The van der Waals surface area contributed by atoms with Crippen LogP contribution < -0.4 is 11.3 Å². The van der Waals surface area contributed by atoms with E-state index in [1.807, 2.05) is 24.3 Å². The largest absolute Gasteiger partial charge is 0.271 e. The molecule has 0 radical (unpaired) electrons. The van der Waals surface area contributed by atoms with Crippen LogP contribution in [0.1, 0.15) is 22.7 Å². The van der Waals surface area contributed by atoms with E-state index in [4.69, 9.17) is 17.4 Å². The minimum absolute atomic E-state index is 0.0310. The lowest BCUT2D eigenvalue weighted by atomic mass is 9.99. The average molecular weight is 253 g/mol. The highest BCUT2D eigenvalue weighted by atomic mass is 35.5. The molecular formula is C12H13ClN2S. The van der Waals surface area contributed by atoms with Gasteiger partial charge in [0.15, 0.2) is 0 Å². The monoisotopic (exact) mass is 252 g/mol. The Morgan fingerprint density at radius 2 is 1.94 bits per heavy atom. The Kier molecular flexibility index (Phi) is 3.61. The predicted octanol–water partition coefficient (Wildman–Crippen LogP) is 3.26. The van der Waals surface area contributed by atoms with E-state index in [9.17, 15) is 0 Å². The van der Waals surface area contributed by atoms with Crippen LogP contribution in [0.4, 0.5) is 0 Å². The lowest BCUT2D eigenvalue weighted by Gasteiger charge is -2.16. The van der Waals surface area contributed by atoms with Crippen LogP contribution in [0.5, 0.6) is 0 Å². The molecule has 0 fully saturated rings. The van der Waals surface area contributed by atoms with Crippen LogP contribution in [0.2, 0.25) is 5.02 Å². The summed E-state index contributed by atoms with van der Waals surface area (Å²) in [7, 11) is 0. The van der Waals surface area contributed by atoms with Crippen molar-refractivity contribution in [2.75, 3.05) is 0 Å². The van der Waals surface area contributed by atoms with Crippen molar-refractivity contribution in [3.63, 3.8) is 0 Å². The molecule has 2 rings (SSSR count). The first kappa shape index (κ1) is 11.6. The molecule has 0 bridgehead atoms. The van der Waals surface area contributed by atoms with Gasteiger partial charge in [0.25, 0.3) is 0 Å². The average Bonchev–Trinajstić information content (AvgIpc) is 2.69. The van der Waals surface area contributed by atoms with Gasteiger partial charge in [0.05, 0.1) is 6.04 Å². The number of hydrogen-bond acceptors (Lipinski definition) is 3. The highest BCUT2D eigenvalue weighted by molar-refractivity contribution is 7.08. The number of nitrogens with one attached hydrogen (secondary N) is 1. The second-order valence-corrected chi connectivity index (χ2v) is 4.84. The van der Waals surface area contributed by atoms with Gasteiger partial charge in [-0.05, 0) is 46.5 Å². The summed E-state index contributed by atoms with van der Waals surface area (Å²) in [5.41, 5.74) is 6.43. The zero-order valence-electron chi connectivity index (χ0n) is 8.91. The number of benzene rings is 1. The second-order valence-electron chi connectivity index (χ2n) is 3.66. The van der Waals surface area contributed by atoms with Gasteiger partial charge in [0.2, 0.25) is 0 Å². The molecule has 2 aromatic rings. The lowest BCUT2D eigenvalue weighted by molar-refractivity contribution is 0.636. The quantitative estimate of drug-likeness (QED) is 0.650. The summed E-state index contributed by atoms with van der Waals surface area (Å²) in [5.74, 6) is 5.62. The van der Waals surface area contributed by atoms with Gasteiger partial charge in [-0.15, -0.1) is 0 Å². The number of hydrazine groups is 1. The molecule has 1 aromatic heterocycles. The third kappa shape index (κ3) is 2.28. The molecule has 1 atom stereocenters. The molecule has 0 aliphatic rings. The Labute approximate surface area is 104 Å². The van der Waals surface area contributed by atoms with E-state index in [0.29, 0.717) is 0 Å². The Balaban J connectivity index is 2.37. The van der Waals surface area contributed by atoms with Gasteiger partial charge in [0.1, 0.15) is 0 Å². The molecule has 1 heterocycles. The Bertz CT molecular complexity index is 464. The maximum atomic E-state index is 5.87. The predicted molar refractivity (Wildman–Crippen MR) is 69.7 cm³/mol. The number of aryl methyl sites for hydroxylation is 1. The fraction of sp³-hybridized carbons (Fsp3) is 0.167. The zero-order chi connectivity index (χ0) is 11.5. The van der Waals surface area contributed by atoms with Crippen LogP contribution in [0.25, 0.3) is 0 Å². The minimum atomic E-state index is 0.0310. The first-order valence-electron chi connectivity index (χ1n) is 4.96. The van der Waals surface area contributed by atoms with Crippen LogP contribution in [0.15, 0.2) is 35.0 Å². The molecule has 3 N–H and O–H groups in total. The van der Waals surface area contributed by atoms with Crippen LogP contribution in [0.3, 0.4) is 0 Å². The molecule has 0 spiro atoms. The summed E-state index contributed by atoms with van der Waals surface area (Å²) in [6.45, 7) is 2.09. The second kappa shape index (κ2) is 4.97. The van der Waals surface area contributed by atoms with Gasteiger partial charge in [-0.1, -0.05) is 23.7 Å². The number of rotatable bonds is 3. The fourth-order valence-electron chi connectivity index (χ4n) is 1.69. The maximum Gasteiger partial charge on any atom is 0.0720 e. The smallest absolute Gasteiger partial charge is 0.0720 e. The summed E-state index contributed by atoms with van der Waals surface area (Å²) in [4.78, 5) is 0. The first-order valence-corrected chi connectivity index (χ1v) is 6.28.